The minimum Gasteiger partial charge on any atom is -0.481 e. The van der Waals surface area contributed by atoms with Crippen molar-refractivity contribution in [3.05, 3.63) is 30.1 Å². The van der Waals surface area contributed by atoms with E-state index in [4.69, 9.17) is 10.6 Å². The Morgan fingerprint density at radius 2 is 2.32 bits per heavy atom. The van der Waals surface area contributed by atoms with Crippen LogP contribution in [0.5, 0.6) is 5.88 Å². The Balaban J connectivity index is 2.20. The van der Waals surface area contributed by atoms with Gasteiger partial charge < -0.3 is 15.5 Å². The molecule has 4 N–H and O–H groups in total. The van der Waals surface area contributed by atoms with Gasteiger partial charge in [0.1, 0.15) is 0 Å². The fourth-order valence-corrected chi connectivity index (χ4v) is 1.59. The molecule has 0 fully saturated rings. The summed E-state index contributed by atoms with van der Waals surface area (Å²) >= 11 is 0. The van der Waals surface area contributed by atoms with Crippen molar-refractivity contribution in [3.8, 4) is 5.88 Å². The van der Waals surface area contributed by atoms with Gasteiger partial charge in [-0.25, -0.2) is 4.68 Å². The van der Waals surface area contributed by atoms with Crippen molar-refractivity contribution >= 4 is 17.4 Å². The summed E-state index contributed by atoms with van der Waals surface area (Å²) in [5.74, 6) is 5.90. The Morgan fingerprint density at radius 1 is 1.53 bits per heavy atom. The van der Waals surface area contributed by atoms with Gasteiger partial charge in [-0.15, -0.1) is 0 Å². The van der Waals surface area contributed by atoms with E-state index in [1.807, 2.05) is 0 Å². The number of nitrogens with one attached hydrogen (secondary N) is 2. The fraction of sp³-hybridized carbons (Fsp3) is 0.182. The van der Waals surface area contributed by atoms with Crippen LogP contribution in [0.15, 0.2) is 24.5 Å². The van der Waals surface area contributed by atoms with E-state index in [0.717, 1.165) is 0 Å². The Bertz CT molecular complexity index is 595. The van der Waals surface area contributed by atoms with Gasteiger partial charge in [-0.3, -0.25) is 15.6 Å². The number of methoxy groups -OCH3 is 1. The number of hydrogen-bond donors (Lipinski definition) is 3. The number of aromatic nitrogens is 3. The molecule has 2 aromatic heterocycles. The first-order valence-electron chi connectivity index (χ1n) is 5.45. The molecule has 0 atom stereocenters. The molecule has 0 radical (unpaired) electrons. The zero-order chi connectivity index (χ0) is 13.8. The van der Waals surface area contributed by atoms with Gasteiger partial charge in [0.25, 0.3) is 5.91 Å². The van der Waals surface area contributed by atoms with Gasteiger partial charge in [0, 0.05) is 25.5 Å². The average Bonchev–Trinajstić information content (AvgIpc) is 2.78. The maximum Gasteiger partial charge on any atom is 0.260 e. The van der Waals surface area contributed by atoms with Gasteiger partial charge in [0.2, 0.25) is 5.88 Å². The number of carbonyl (C=O) groups is 1. The van der Waals surface area contributed by atoms with E-state index in [-0.39, 0.29) is 5.91 Å². The molecule has 0 aliphatic carbocycles. The van der Waals surface area contributed by atoms with Crippen LogP contribution in [0.4, 0.5) is 11.5 Å². The van der Waals surface area contributed by atoms with Crippen molar-refractivity contribution in [2.45, 2.75) is 0 Å². The van der Waals surface area contributed by atoms with Crippen LogP contribution in [0, 0.1) is 0 Å². The highest BCUT2D eigenvalue weighted by molar-refractivity contribution is 6.07. The predicted molar refractivity (Wildman–Crippen MR) is 69.8 cm³/mol. The van der Waals surface area contributed by atoms with Crippen LogP contribution < -0.4 is 21.3 Å². The molecule has 2 heterocycles. The lowest BCUT2D eigenvalue weighted by Gasteiger charge is -2.06. The molecule has 0 aromatic carbocycles. The first kappa shape index (κ1) is 12.8. The summed E-state index contributed by atoms with van der Waals surface area (Å²) in [6.45, 7) is 0. The van der Waals surface area contributed by atoms with Crippen LogP contribution in [-0.2, 0) is 7.05 Å². The van der Waals surface area contributed by atoms with Crippen molar-refractivity contribution in [1.82, 2.24) is 14.8 Å². The normalized spacial score (nSPS) is 10.1. The van der Waals surface area contributed by atoms with Crippen molar-refractivity contribution < 1.29 is 9.53 Å². The second-order valence-corrected chi connectivity index (χ2v) is 3.72. The number of nitrogens with two attached hydrogens (primary N) is 1. The quantitative estimate of drug-likeness (QED) is 0.542. The Labute approximate surface area is 109 Å². The Hall–Kier alpha value is -2.61. The summed E-state index contributed by atoms with van der Waals surface area (Å²) in [4.78, 5) is 16.0. The molecule has 1 amide bonds. The number of nitrogens with zero attached hydrogens (tertiary/aromatic N) is 3. The van der Waals surface area contributed by atoms with Crippen LogP contribution in [0.3, 0.4) is 0 Å². The Kier molecular flexibility index (Phi) is 3.62. The molecule has 19 heavy (non-hydrogen) atoms. The molecule has 100 valence electrons. The number of rotatable bonds is 4. The number of hydrazine groups is 1. The molecule has 0 saturated carbocycles. The SMILES string of the molecule is COc1cc(NC(=O)c2cnccc2NN)nn1C. The lowest BCUT2D eigenvalue weighted by Crippen LogP contribution is -2.17. The maximum atomic E-state index is 12.1. The highest BCUT2D eigenvalue weighted by Gasteiger charge is 2.13. The highest BCUT2D eigenvalue weighted by Crippen LogP contribution is 2.18. The molecule has 0 saturated heterocycles. The standard InChI is InChI=1S/C11H14N6O2/c1-17-10(19-2)5-9(16-17)14-11(18)7-6-13-4-3-8(7)15-12/h3-6H,12H2,1-2H3,(H,13,15)(H,14,16,18). The number of anilines is 2. The van der Waals surface area contributed by atoms with Gasteiger partial charge in [0.05, 0.1) is 18.4 Å². The van der Waals surface area contributed by atoms with Crippen molar-refractivity contribution in [2.75, 3.05) is 17.9 Å². The average molecular weight is 262 g/mol. The number of nitrogen functional groups attached to an aromatic ring is 1. The number of carbonyl (C=O) groups excluding carboxylic acids is 1. The molecule has 8 nitrogen and oxygen atoms in total. The highest BCUT2D eigenvalue weighted by atomic mass is 16.5. The van der Waals surface area contributed by atoms with E-state index < -0.39 is 0 Å². The molecule has 0 aliphatic rings. The third-order valence-electron chi connectivity index (χ3n) is 2.51. The zero-order valence-corrected chi connectivity index (χ0v) is 10.5. The van der Waals surface area contributed by atoms with E-state index in [1.165, 1.54) is 24.2 Å². The smallest absolute Gasteiger partial charge is 0.260 e. The summed E-state index contributed by atoms with van der Waals surface area (Å²) < 4.78 is 6.58. The zero-order valence-electron chi connectivity index (χ0n) is 10.5. The predicted octanol–water partition coefficient (Wildman–Crippen LogP) is 0.362. The largest absolute Gasteiger partial charge is 0.481 e. The monoisotopic (exact) mass is 262 g/mol. The van der Waals surface area contributed by atoms with Gasteiger partial charge in [-0.1, -0.05) is 0 Å². The van der Waals surface area contributed by atoms with Gasteiger partial charge in [0.15, 0.2) is 5.82 Å². The van der Waals surface area contributed by atoms with Gasteiger partial charge in [-0.2, -0.15) is 5.10 Å². The molecule has 0 spiro atoms. The maximum absolute atomic E-state index is 12.1. The second kappa shape index (κ2) is 5.36. The van der Waals surface area contributed by atoms with Crippen LogP contribution in [0.2, 0.25) is 0 Å². The number of amides is 1. The molecular weight excluding hydrogens is 248 g/mol. The van der Waals surface area contributed by atoms with Crippen molar-refractivity contribution in [3.63, 3.8) is 0 Å². The molecule has 0 unspecified atom stereocenters. The van der Waals surface area contributed by atoms with Crippen LogP contribution in [0.25, 0.3) is 0 Å². The number of pyridine rings is 1. The molecule has 2 aromatic rings. The lowest BCUT2D eigenvalue weighted by molar-refractivity contribution is 0.102. The van der Waals surface area contributed by atoms with Crippen molar-refractivity contribution in [1.29, 1.82) is 0 Å². The fourth-order valence-electron chi connectivity index (χ4n) is 1.59. The first-order chi connectivity index (χ1) is 9.15. The third-order valence-corrected chi connectivity index (χ3v) is 2.51. The first-order valence-corrected chi connectivity index (χ1v) is 5.45. The number of ether oxygens (including phenoxy) is 1. The van der Waals surface area contributed by atoms with Crippen LogP contribution >= 0.6 is 0 Å². The lowest BCUT2D eigenvalue weighted by atomic mass is 10.2. The van der Waals surface area contributed by atoms with Crippen LogP contribution in [0.1, 0.15) is 10.4 Å². The van der Waals surface area contributed by atoms with Crippen LogP contribution in [-0.4, -0.2) is 27.8 Å². The van der Waals surface area contributed by atoms with Gasteiger partial charge in [-0.05, 0) is 6.07 Å². The number of aryl methyl sites for hydroxylation is 1. The van der Waals surface area contributed by atoms with Crippen molar-refractivity contribution in [2.24, 2.45) is 12.9 Å². The second-order valence-electron chi connectivity index (χ2n) is 3.72. The summed E-state index contributed by atoms with van der Waals surface area (Å²) in [5.41, 5.74) is 3.25. The van der Waals surface area contributed by atoms with E-state index in [9.17, 15) is 4.79 Å². The van der Waals surface area contributed by atoms with E-state index in [0.29, 0.717) is 22.9 Å². The molecule has 0 aliphatic heterocycles. The summed E-state index contributed by atoms with van der Waals surface area (Å²) in [6, 6.07) is 3.22. The summed E-state index contributed by atoms with van der Waals surface area (Å²) in [6.07, 6.45) is 2.96. The van der Waals surface area contributed by atoms with Gasteiger partial charge >= 0.3 is 0 Å². The van der Waals surface area contributed by atoms with E-state index in [1.54, 1.807) is 19.2 Å². The minimum absolute atomic E-state index is 0.328. The molecule has 0 bridgehead atoms. The summed E-state index contributed by atoms with van der Waals surface area (Å²) in [7, 11) is 3.24. The van der Waals surface area contributed by atoms with E-state index in [2.05, 4.69) is 20.8 Å². The minimum atomic E-state index is -0.359. The number of hydrogen-bond acceptors (Lipinski definition) is 6. The summed E-state index contributed by atoms with van der Waals surface area (Å²) in [5, 5.41) is 6.73. The molecule has 8 heteroatoms. The Morgan fingerprint density at radius 3 is 2.95 bits per heavy atom. The molecular formula is C11H14N6O2. The van der Waals surface area contributed by atoms with E-state index >= 15 is 0 Å². The molecule has 2 rings (SSSR count). The third kappa shape index (κ3) is 2.63. The topological polar surface area (TPSA) is 107 Å².